The van der Waals surface area contributed by atoms with Crippen LogP contribution in [0.2, 0.25) is 0 Å². The fourth-order valence-electron chi connectivity index (χ4n) is 3.46. The molecule has 0 unspecified atom stereocenters. The van der Waals surface area contributed by atoms with Crippen molar-refractivity contribution in [1.82, 2.24) is 14.9 Å². The van der Waals surface area contributed by atoms with Crippen molar-refractivity contribution in [2.75, 3.05) is 27.9 Å². The fraction of sp³-hybridized carbons (Fsp3) is 0.348. The molecular weight excluding hydrogens is 398 g/mol. The van der Waals surface area contributed by atoms with Crippen LogP contribution in [-0.2, 0) is 17.8 Å². The molecule has 8 nitrogen and oxygen atoms in total. The van der Waals surface area contributed by atoms with E-state index in [4.69, 9.17) is 14.2 Å². The molecule has 0 atom stereocenters. The molecule has 0 saturated carbocycles. The number of nitrogens with zero attached hydrogens (tertiary/aromatic N) is 2. The molecule has 1 heterocycles. The monoisotopic (exact) mass is 425 g/mol. The highest BCUT2D eigenvalue weighted by molar-refractivity contribution is 5.78. The van der Waals surface area contributed by atoms with E-state index < -0.39 is 0 Å². The Bertz CT molecular complexity index is 1100. The van der Waals surface area contributed by atoms with Crippen LogP contribution in [0.5, 0.6) is 17.2 Å². The number of para-hydroxylation sites is 1. The summed E-state index contributed by atoms with van der Waals surface area (Å²) < 4.78 is 16.1. The second-order valence-electron chi connectivity index (χ2n) is 6.97. The molecule has 0 fully saturated rings. The minimum Gasteiger partial charge on any atom is -0.493 e. The Kier molecular flexibility index (Phi) is 7.12. The van der Waals surface area contributed by atoms with Crippen LogP contribution in [0.4, 0.5) is 0 Å². The van der Waals surface area contributed by atoms with Crippen molar-refractivity contribution in [2.45, 2.75) is 26.3 Å². The van der Waals surface area contributed by atoms with Crippen LogP contribution in [0.3, 0.4) is 0 Å². The Labute approximate surface area is 180 Å². The number of fused-ring (bicyclic) bond motifs is 1. The summed E-state index contributed by atoms with van der Waals surface area (Å²) in [6.45, 7) is 2.64. The maximum Gasteiger partial charge on any atom is 0.258 e. The predicted octanol–water partition coefficient (Wildman–Crippen LogP) is 2.93. The van der Waals surface area contributed by atoms with E-state index in [2.05, 4.69) is 9.97 Å². The number of aromatic amines is 1. The van der Waals surface area contributed by atoms with E-state index >= 15 is 0 Å². The Morgan fingerprint density at radius 2 is 1.74 bits per heavy atom. The Balaban J connectivity index is 1.73. The van der Waals surface area contributed by atoms with Gasteiger partial charge in [0.2, 0.25) is 11.7 Å². The van der Waals surface area contributed by atoms with E-state index in [0.29, 0.717) is 53.4 Å². The molecule has 164 valence electrons. The van der Waals surface area contributed by atoms with Gasteiger partial charge in [-0.05, 0) is 43.2 Å². The zero-order valence-corrected chi connectivity index (χ0v) is 18.2. The lowest BCUT2D eigenvalue weighted by molar-refractivity contribution is -0.131. The number of carbonyl (C=O) groups excluding carboxylic acids is 1. The Morgan fingerprint density at radius 3 is 2.35 bits per heavy atom. The van der Waals surface area contributed by atoms with Crippen molar-refractivity contribution in [3.63, 3.8) is 0 Å². The largest absolute Gasteiger partial charge is 0.493 e. The van der Waals surface area contributed by atoms with Gasteiger partial charge in [-0.3, -0.25) is 9.59 Å². The zero-order valence-electron chi connectivity index (χ0n) is 18.2. The summed E-state index contributed by atoms with van der Waals surface area (Å²) in [7, 11) is 4.67. The average Bonchev–Trinajstić information content (AvgIpc) is 2.80. The molecule has 0 aliphatic carbocycles. The summed E-state index contributed by atoms with van der Waals surface area (Å²) >= 11 is 0. The number of ether oxygens (including phenoxy) is 3. The molecule has 31 heavy (non-hydrogen) atoms. The van der Waals surface area contributed by atoms with E-state index in [1.807, 2.05) is 25.1 Å². The quantitative estimate of drug-likeness (QED) is 0.567. The molecule has 0 aliphatic rings. The topological polar surface area (TPSA) is 93.8 Å². The first-order chi connectivity index (χ1) is 15.0. The average molecular weight is 425 g/mol. The lowest BCUT2D eigenvalue weighted by Gasteiger charge is -2.21. The third kappa shape index (κ3) is 4.96. The third-order valence-corrected chi connectivity index (χ3v) is 5.09. The number of rotatable bonds is 9. The van der Waals surface area contributed by atoms with Crippen molar-refractivity contribution in [3.8, 4) is 17.2 Å². The molecule has 8 heteroatoms. The number of aryl methyl sites for hydroxylation is 1. The van der Waals surface area contributed by atoms with Crippen LogP contribution in [0.1, 0.15) is 24.7 Å². The van der Waals surface area contributed by atoms with Crippen molar-refractivity contribution in [3.05, 3.63) is 58.1 Å². The summed E-state index contributed by atoms with van der Waals surface area (Å²) in [5, 5.41) is 0.531. The SMILES string of the molecule is CCN(Cc1nc2ccccc2c(=O)[nH]1)C(=O)CCc1cc(OC)c(OC)c(OC)c1. The maximum atomic E-state index is 12.9. The maximum absolute atomic E-state index is 12.9. The predicted molar refractivity (Wildman–Crippen MR) is 118 cm³/mol. The number of methoxy groups -OCH3 is 3. The number of aromatic nitrogens is 2. The molecule has 0 saturated heterocycles. The smallest absolute Gasteiger partial charge is 0.258 e. The highest BCUT2D eigenvalue weighted by atomic mass is 16.5. The number of carbonyl (C=O) groups is 1. The summed E-state index contributed by atoms with van der Waals surface area (Å²) in [5.74, 6) is 2.05. The van der Waals surface area contributed by atoms with E-state index in [1.54, 1.807) is 44.4 Å². The number of benzene rings is 2. The van der Waals surface area contributed by atoms with Crippen LogP contribution in [0.15, 0.2) is 41.2 Å². The van der Waals surface area contributed by atoms with Gasteiger partial charge in [0, 0.05) is 13.0 Å². The number of H-pyrrole nitrogens is 1. The zero-order chi connectivity index (χ0) is 22.4. The summed E-state index contributed by atoms with van der Waals surface area (Å²) in [5.41, 5.74) is 1.31. The van der Waals surface area contributed by atoms with Gasteiger partial charge in [-0.15, -0.1) is 0 Å². The number of nitrogens with one attached hydrogen (secondary N) is 1. The first kappa shape index (κ1) is 22.1. The second kappa shape index (κ2) is 9.97. The van der Waals surface area contributed by atoms with Crippen molar-refractivity contribution >= 4 is 16.8 Å². The fourth-order valence-corrected chi connectivity index (χ4v) is 3.46. The lowest BCUT2D eigenvalue weighted by atomic mass is 10.1. The molecule has 1 amide bonds. The Morgan fingerprint density at radius 1 is 1.06 bits per heavy atom. The minimum absolute atomic E-state index is 0.0351. The van der Waals surface area contributed by atoms with Crippen molar-refractivity contribution in [2.24, 2.45) is 0 Å². The van der Waals surface area contributed by atoms with E-state index in [1.165, 1.54) is 0 Å². The molecule has 1 aromatic heterocycles. The summed E-state index contributed by atoms with van der Waals surface area (Å²) in [4.78, 5) is 34.1. The van der Waals surface area contributed by atoms with Crippen molar-refractivity contribution in [1.29, 1.82) is 0 Å². The van der Waals surface area contributed by atoms with E-state index in [-0.39, 0.29) is 18.0 Å². The highest BCUT2D eigenvalue weighted by Crippen LogP contribution is 2.38. The summed E-state index contributed by atoms with van der Waals surface area (Å²) in [6, 6.07) is 10.8. The second-order valence-corrected chi connectivity index (χ2v) is 6.97. The van der Waals surface area contributed by atoms with Crippen molar-refractivity contribution < 1.29 is 19.0 Å². The first-order valence-electron chi connectivity index (χ1n) is 10.0. The molecule has 0 spiro atoms. The van der Waals surface area contributed by atoms with Gasteiger partial charge in [-0.2, -0.15) is 0 Å². The van der Waals surface area contributed by atoms with Gasteiger partial charge in [0.15, 0.2) is 11.5 Å². The summed E-state index contributed by atoms with van der Waals surface area (Å²) in [6.07, 6.45) is 0.804. The van der Waals surface area contributed by atoms with Gasteiger partial charge < -0.3 is 24.1 Å². The van der Waals surface area contributed by atoms with Crippen LogP contribution in [0, 0.1) is 0 Å². The van der Waals surface area contributed by atoms with Gasteiger partial charge in [-0.1, -0.05) is 12.1 Å². The van der Waals surface area contributed by atoms with Crippen LogP contribution in [-0.4, -0.2) is 48.6 Å². The third-order valence-electron chi connectivity index (χ3n) is 5.09. The van der Waals surface area contributed by atoms with Gasteiger partial charge in [0.25, 0.3) is 5.56 Å². The van der Waals surface area contributed by atoms with Crippen LogP contribution < -0.4 is 19.8 Å². The molecule has 2 aromatic carbocycles. The standard InChI is InChI=1S/C23H27N3O5/c1-5-26(14-20-24-17-9-7-6-8-16(17)23(28)25-20)21(27)11-10-15-12-18(29-2)22(31-4)19(13-15)30-3/h6-9,12-13H,5,10-11,14H2,1-4H3,(H,24,25,28). The number of hydrogen-bond donors (Lipinski definition) is 1. The molecule has 0 radical (unpaired) electrons. The number of amides is 1. The molecule has 3 rings (SSSR count). The van der Waals surface area contributed by atoms with E-state index in [9.17, 15) is 9.59 Å². The highest BCUT2D eigenvalue weighted by Gasteiger charge is 2.17. The van der Waals surface area contributed by atoms with Gasteiger partial charge in [0.1, 0.15) is 5.82 Å². The minimum atomic E-state index is -0.207. The van der Waals surface area contributed by atoms with Crippen LogP contribution >= 0.6 is 0 Å². The first-order valence-corrected chi connectivity index (χ1v) is 10.0. The van der Waals surface area contributed by atoms with Gasteiger partial charge >= 0.3 is 0 Å². The molecule has 0 aliphatic heterocycles. The number of hydrogen-bond acceptors (Lipinski definition) is 6. The Hall–Kier alpha value is -3.55. The molecule has 1 N–H and O–H groups in total. The van der Waals surface area contributed by atoms with Crippen LogP contribution in [0.25, 0.3) is 10.9 Å². The van der Waals surface area contributed by atoms with E-state index in [0.717, 1.165) is 5.56 Å². The van der Waals surface area contributed by atoms with Gasteiger partial charge in [0.05, 0.1) is 38.8 Å². The molecule has 3 aromatic rings. The van der Waals surface area contributed by atoms with Gasteiger partial charge in [-0.25, -0.2) is 4.98 Å². The normalized spacial score (nSPS) is 10.7. The lowest BCUT2D eigenvalue weighted by Crippen LogP contribution is -2.32. The molecule has 0 bridgehead atoms. The molecular formula is C23H27N3O5.